The van der Waals surface area contributed by atoms with Gasteiger partial charge in [0.1, 0.15) is 12.4 Å². The van der Waals surface area contributed by atoms with Gasteiger partial charge < -0.3 is 10.1 Å². The smallest absolute Gasteiger partial charge is 0.119 e. The number of aryl methyl sites for hydroxylation is 3. The monoisotopic (exact) mass is 281 g/mol. The lowest BCUT2D eigenvalue weighted by molar-refractivity contribution is 0.363. The van der Waals surface area contributed by atoms with Crippen LogP contribution in [0.25, 0.3) is 0 Å². The van der Waals surface area contributed by atoms with E-state index in [0.717, 1.165) is 12.3 Å². The molecule has 0 amide bonds. The van der Waals surface area contributed by atoms with Crippen LogP contribution in [0.15, 0.2) is 49.1 Å². The zero-order valence-electron chi connectivity index (χ0n) is 13.1. The van der Waals surface area contributed by atoms with E-state index in [0.29, 0.717) is 6.61 Å². The highest BCUT2D eigenvalue weighted by atomic mass is 16.5. The number of benzene rings is 2. The SMILES string of the molecule is C=CCOc1ccc(CNc2c(C)cc(C)cc2C)cc1. The second-order valence-electron chi connectivity index (χ2n) is 5.37. The van der Waals surface area contributed by atoms with Crippen LogP contribution in [0.3, 0.4) is 0 Å². The molecule has 0 aliphatic carbocycles. The minimum atomic E-state index is 0.541. The van der Waals surface area contributed by atoms with E-state index in [-0.39, 0.29) is 0 Å². The summed E-state index contributed by atoms with van der Waals surface area (Å²) in [5.74, 6) is 0.876. The molecule has 0 unspecified atom stereocenters. The molecule has 2 rings (SSSR count). The zero-order chi connectivity index (χ0) is 15.2. The molecule has 0 atom stereocenters. The van der Waals surface area contributed by atoms with E-state index in [4.69, 9.17) is 4.74 Å². The third-order valence-corrected chi connectivity index (χ3v) is 3.44. The van der Waals surface area contributed by atoms with Crippen molar-refractivity contribution in [1.82, 2.24) is 0 Å². The van der Waals surface area contributed by atoms with Crippen LogP contribution in [0.4, 0.5) is 5.69 Å². The molecule has 1 N–H and O–H groups in total. The van der Waals surface area contributed by atoms with Crippen LogP contribution in [0.1, 0.15) is 22.3 Å². The first-order chi connectivity index (χ1) is 10.1. The number of ether oxygens (including phenoxy) is 1. The molecule has 0 aliphatic heterocycles. The van der Waals surface area contributed by atoms with Crippen LogP contribution >= 0.6 is 0 Å². The highest BCUT2D eigenvalue weighted by Crippen LogP contribution is 2.23. The van der Waals surface area contributed by atoms with Crippen LogP contribution < -0.4 is 10.1 Å². The largest absolute Gasteiger partial charge is 0.490 e. The molecule has 0 saturated heterocycles. The molecule has 2 nitrogen and oxygen atoms in total. The quantitative estimate of drug-likeness (QED) is 0.769. The van der Waals surface area contributed by atoms with Crippen LogP contribution in [0.2, 0.25) is 0 Å². The molecule has 0 aromatic heterocycles. The van der Waals surface area contributed by atoms with Gasteiger partial charge in [0.05, 0.1) is 0 Å². The van der Waals surface area contributed by atoms with Gasteiger partial charge >= 0.3 is 0 Å². The Labute approximate surface area is 127 Å². The summed E-state index contributed by atoms with van der Waals surface area (Å²) >= 11 is 0. The highest BCUT2D eigenvalue weighted by molar-refractivity contribution is 5.58. The van der Waals surface area contributed by atoms with Gasteiger partial charge in [-0.3, -0.25) is 0 Å². The van der Waals surface area contributed by atoms with E-state index >= 15 is 0 Å². The van der Waals surface area contributed by atoms with Crippen LogP contribution in [-0.2, 0) is 6.54 Å². The van der Waals surface area contributed by atoms with Gasteiger partial charge in [0.25, 0.3) is 0 Å². The number of nitrogens with one attached hydrogen (secondary N) is 1. The number of hydrogen-bond donors (Lipinski definition) is 1. The number of anilines is 1. The summed E-state index contributed by atoms with van der Waals surface area (Å²) in [6.45, 7) is 11.4. The normalized spacial score (nSPS) is 10.2. The average molecular weight is 281 g/mol. The first-order valence-corrected chi connectivity index (χ1v) is 7.24. The van der Waals surface area contributed by atoms with Crippen molar-refractivity contribution >= 4 is 5.69 Å². The van der Waals surface area contributed by atoms with E-state index in [1.165, 1.54) is 27.9 Å². The fourth-order valence-corrected chi connectivity index (χ4v) is 2.51. The molecule has 0 spiro atoms. The summed E-state index contributed by atoms with van der Waals surface area (Å²) in [5, 5.41) is 3.53. The van der Waals surface area contributed by atoms with Crippen molar-refractivity contribution in [3.8, 4) is 5.75 Å². The lowest BCUT2D eigenvalue weighted by Crippen LogP contribution is -2.03. The molecule has 110 valence electrons. The van der Waals surface area contributed by atoms with Gasteiger partial charge in [-0.2, -0.15) is 0 Å². The Morgan fingerprint density at radius 2 is 1.67 bits per heavy atom. The van der Waals surface area contributed by atoms with Crippen LogP contribution in [0.5, 0.6) is 5.75 Å². The third kappa shape index (κ3) is 4.12. The summed E-state index contributed by atoms with van der Waals surface area (Å²) in [7, 11) is 0. The Hall–Kier alpha value is -2.22. The maximum atomic E-state index is 5.49. The lowest BCUT2D eigenvalue weighted by Gasteiger charge is -2.14. The fourth-order valence-electron chi connectivity index (χ4n) is 2.51. The second kappa shape index (κ2) is 6.98. The van der Waals surface area contributed by atoms with Crippen molar-refractivity contribution in [1.29, 1.82) is 0 Å². The fraction of sp³-hybridized carbons (Fsp3) is 0.263. The molecule has 0 heterocycles. The van der Waals surface area contributed by atoms with Crippen molar-refractivity contribution in [2.24, 2.45) is 0 Å². The van der Waals surface area contributed by atoms with E-state index in [1.54, 1.807) is 6.08 Å². The average Bonchev–Trinajstić information content (AvgIpc) is 2.45. The third-order valence-electron chi connectivity index (χ3n) is 3.44. The van der Waals surface area contributed by atoms with Gasteiger partial charge in [-0.1, -0.05) is 42.5 Å². The molecule has 2 heteroatoms. The van der Waals surface area contributed by atoms with E-state index < -0.39 is 0 Å². The Kier molecular flexibility index (Phi) is 5.04. The zero-order valence-corrected chi connectivity index (χ0v) is 13.1. The summed E-state index contributed by atoms with van der Waals surface area (Å²) in [6, 6.07) is 12.6. The summed E-state index contributed by atoms with van der Waals surface area (Å²) in [5.41, 5.74) is 6.35. The molecule has 0 fully saturated rings. The summed E-state index contributed by atoms with van der Waals surface area (Å²) < 4.78 is 5.49. The predicted molar refractivity (Wildman–Crippen MR) is 90.1 cm³/mol. The van der Waals surface area contributed by atoms with E-state index in [2.05, 4.69) is 56.9 Å². The van der Waals surface area contributed by atoms with E-state index in [1.807, 2.05) is 12.1 Å². The first kappa shape index (κ1) is 15.2. The van der Waals surface area contributed by atoms with Crippen LogP contribution in [-0.4, -0.2) is 6.61 Å². The van der Waals surface area contributed by atoms with Crippen molar-refractivity contribution in [2.75, 3.05) is 11.9 Å². The molecular weight excluding hydrogens is 258 g/mol. The Balaban J connectivity index is 2.01. The molecule has 21 heavy (non-hydrogen) atoms. The predicted octanol–water partition coefficient (Wildman–Crippen LogP) is 4.79. The van der Waals surface area contributed by atoms with Crippen molar-refractivity contribution in [3.63, 3.8) is 0 Å². The Morgan fingerprint density at radius 1 is 1.05 bits per heavy atom. The maximum Gasteiger partial charge on any atom is 0.119 e. The molecule has 0 bridgehead atoms. The highest BCUT2D eigenvalue weighted by Gasteiger charge is 2.03. The van der Waals surface area contributed by atoms with E-state index in [9.17, 15) is 0 Å². The second-order valence-corrected chi connectivity index (χ2v) is 5.37. The van der Waals surface area contributed by atoms with Gasteiger partial charge in [0, 0.05) is 12.2 Å². The molecule has 2 aromatic rings. The molecule has 0 saturated carbocycles. The topological polar surface area (TPSA) is 21.3 Å². The molecule has 2 aromatic carbocycles. The van der Waals surface area contributed by atoms with Crippen LogP contribution in [0, 0.1) is 20.8 Å². The number of rotatable bonds is 6. The first-order valence-electron chi connectivity index (χ1n) is 7.24. The minimum absolute atomic E-state index is 0.541. The molecular formula is C19H23NO. The van der Waals surface area contributed by atoms with Crippen molar-refractivity contribution < 1.29 is 4.74 Å². The Bertz CT molecular complexity index is 591. The number of hydrogen-bond acceptors (Lipinski definition) is 2. The molecule has 0 radical (unpaired) electrons. The van der Waals surface area contributed by atoms with Gasteiger partial charge in [-0.15, -0.1) is 0 Å². The maximum absolute atomic E-state index is 5.49. The van der Waals surface area contributed by atoms with Gasteiger partial charge in [-0.25, -0.2) is 0 Å². The van der Waals surface area contributed by atoms with Gasteiger partial charge in [0.2, 0.25) is 0 Å². The summed E-state index contributed by atoms with van der Waals surface area (Å²) in [4.78, 5) is 0. The minimum Gasteiger partial charge on any atom is -0.490 e. The lowest BCUT2D eigenvalue weighted by atomic mass is 10.0. The Morgan fingerprint density at radius 3 is 2.24 bits per heavy atom. The standard InChI is InChI=1S/C19H23NO/c1-5-10-21-18-8-6-17(7-9-18)13-20-19-15(3)11-14(2)12-16(19)4/h5-9,11-12,20H,1,10,13H2,2-4H3. The van der Waals surface area contributed by atoms with Gasteiger partial charge in [-0.05, 0) is 49.6 Å². The van der Waals surface area contributed by atoms with Crippen molar-refractivity contribution in [2.45, 2.75) is 27.3 Å². The van der Waals surface area contributed by atoms with Gasteiger partial charge in [0.15, 0.2) is 0 Å². The summed E-state index contributed by atoms with van der Waals surface area (Å²) in [6.07, 6.45) is 1.75. The van der Waals surface area contributed by atoms with Crippen molar-refractivity contribution in [3.05, 3.63) is 71.3 Å². The molecule has 0 aliphatic rings.